The topological polar surface area (TPSA) is 43.4 Å². The molecule has 1 heterocycles. The minimum atomic E-state index is 0.335. The molecule has 1 rings (SSSR count). The average Bonchev–Trinajstić information content (AvgIpc) is 2.30. The van der Waals surface area contributed by atoms with Crippen LogP contribution in [0.2, 0.25) is 0 Å². The standard InChI is InChI=1S/C12H20N2O2/c1-4-13-11(9-15-2)7-10-5-6-14-12(8-10)16-3/h5-6,8,11,13H,4,7,9H2,1-3H3. The Morgan fingerprint density at radius 3 is 2.88 bits per heavy atom. The summed E-state index contributed by atoms with van der Waals surface area (Å²) in [5.41, 5.74) is 1.20. The number of aromatic nitrogens is 1. The Morgan fingerprint density at radius 1 is 1.44 bits per heavy atom. The van der Waals surface area contributed by atoms with Crippen molar-refractivity contribution >= 4 is 0 Å². The number of ether oxygens (including phenoxy) is 2. The maximum absolute atomic E-state index is 5.18. The van der Waals surface area contributed by atoms with Gasteiger partial charge in [0.15, 0.2) is 0 Å². The molecular formula is C12H20N2O2. The van der Waals surface area contributed by atoms with E-state index < -0.39 is 0 Å². The van der Waals surface area contributed by atoms with Gasteiger partial charge in [0, 0.05) is 25.4 Å². The molecule has 4 heteroatoms. The molecule has 0 spiro atoms. The first-order valence-corrected chi connectivity index (χ1v) is 5.51. The van der Waals surface area contributed by atoms with Gasteiger partial charge >= 0.3 is 0 Å². The van der Waals surface area contributed by atoms with Gasteiger partial charge in [-0.25, -0.2) is 4.98 Å². The first kappa shape index (κ1) is 12.9. The average molecular weight is 224 g/mol. The fraction of sp³-hybridized carbons (Fsp3) is 0.583. The van der Waals surface area contributed by atoms with Crippen LogP contribution in [0.5, 0.6) is 5.88 Å². The van der Waals surface area contributed by atoms with Crippen LogP contribution in [-0.4, -0.2) is 38.4 Å². The zero-order chi connectivity index (χ0) is 11.8. The van der Waals surface area contributed by atoms with Gasteiger partial charge in [-0.1, -0.05) is 6.92 Å². The lowest BCUT2D eigenvalue weighted by atomic mass is 10.1. The van der Waals surface area contributed by atoms with Gasteiger partial charge in [-0.15, -0.1) is 0 Å². The second-order valence-corrected chi connectivity index (χ2v) is 3.62. The van der Waals surface area contributed by atoms with Crippen LogP contribution < -0.4 is 10.1 Å². The van der Waals surface area contributed by atoms with Crippen LogP contribution in [0, 0.1) is 0 Å². The lowest BCUT2D eigenvalue weighted by Crippen LogP contribution is -2.34. The van der Waals surface area contributed by atoms with Crippen molar-refractivity contribution in [3.05, 3.63) is 23.9 Å². The summed E-state index contributed by atoms with van der Waals surface area (Å²) < 4.78 is 10.3. The predicted molar refractivity (Wildman–Crippen MR) is 63.8 cm³/mol. The van der Waals surface area contributed by atoms with Crippen molar-refractivity contribution in [3.63, 3.8) is 0 Å². The molecule has 0 aliphatic rings. The third kappa shape index (κ3) is 4.16. The van der Waals surface area contributed by atoms with Gasteiger partial charge in [-0.3, -0.25) is 0 Å². The second kappa shape index (κ2) is 7.19. The summed E-state index contributed by atoms with van der Waals surface area (Å²) in [4.78, 5) is 4.08. The van der Waals surface area contributed by atoms with Gasteiger partial charge in [0.25, 0.3) is 0 Å². The first-order valence-electron chi connectivity index (χ1n) is 5.51. The molecular weight excluding hydrogens is 204 g/mol. The third-order valence-electron chi connectivity index (χ3n) is 2.35. The Hall–Kier alpha value is -1.13. The van der Waals surface area contributed by atoms with E-state index in [9.17, 15) is 0 Å². The molecule has 16 heavy (non-hydrogen) atoms. The van der Waals surface area contributed by atoms with Crippen LogP contribution in [-0.2, 0) is 11.2 Å². The minimum Gasteiger partial charge on any atom is -0.481 e. The third-order valence-corrected chi connectivity index (χ3v) is 2.35. The van der Waals surface area contributed by atoms with E-state index in [4.69, 9.17) is 9.47 Å². The van der Waals surface area contributed by atoms with E-state index in [0.717, 1.165) is 13.0 Å². The van der Waals surface area contributed by atoms with Gasteiger partial charge in [0.2, 0.25) is 5.88 Å². The summed E-state index contributed by atoms with van der Waals surface area (Å²) in [7, 11) is 3.35. The van der Waals surface area contributed by atoms with Crippen molar-refractivity contribution in [1.82, 2.24) is 10.3 Å². The zero-order valence-corrected chi connectivity index (χ0v) is 10.2. The molecule has 0 radical (unpaired) electrons. The van der Waals surface area contributed by atoms with E-state index in [-0.39, 0.29) is 0 Å². The molecule has 4 nitrogen and oxygen atoms in total. The Morgan fingerprint density at radius 2 is 2.25 bits per heavy atom. The smallest absolute Gasteiger partial charge is 0.213 e. The Labute approximate surface area is 97.0 Å². The number of pyridine rings is 1. The van der Waals surface area contributed by atoms with E-state index in [1.165, 1.54) is 5.56 Å². The molecule has 0 aliphatic heterocycles. The number of methoxy groups -OCH3 is 2. The van der Waals surface area contributed by atoms with E-state index in [1.807, 2.05) is 12.1 Å². The summed E-state index contributed by atoms with van der Waals surface area (Å²) >= 11 is 0. The molecule has 0 amide bonds. The monoisotopic (exact) mass is 224 g/mol. The van der Waals surface area contributed by atoms with Crippen molar-refractivity contribution in [2.45, 2.75) is 19.4 Å². The van der Waals surface area contributed by atoms with Crippen LogP contribution in [0.3, 0.4) is 0 Å². The van der Waals surface area contributed by atoms with Crippen LogP contribution in [0.4, 0.5) is 0 Å². The van der Waals surface area contributed by atoms with E-state index in [1.54, 1.807) is 20.4 Å². The zero-order valence-electron chi connectivity index (χ0n) is 10.2. The molecule has 0 bridgehead atoms. The Kier molecular flexibility index (Phi) is 5.82. The molecule has 1 N–H and O–H groups in total. The minimum absolute atomic E-state index is 0.335. The molecule has 0 saturated heterocycles. The van der Waals surface area contributed by atoms with Crippen LogP contribution >= 0.6 is 0 Å². The van der Waals surface area contributed by atoms with Crippen LogP contribution in [0.25, 0.3) is 0 Å². The van der Waals surface area contributed by atoms with Crippen LogP contribution in [0.15, 0.2) is 18.3 Å². The summed E-state index contributed by atoms with van der Waals surface area (Å²) in [5, 5.41) is 3.38. The summed E-state index contributed by atoms with van der Waals surface area (Å²) in [6.07, 6.45) is 2.69. The molecule has 1 unspecified atom stereocenters. The first-order chi connectivity index (χ1) is 7.80. The SMILES string of the molecule is CCNC(COC)Cc1ccnc(OC)c1. The molecule has 0 aliphatic carbocycles. The summed E-state index contributed by atoms with van der Waals surface area (Å²) in [6, 6.07) is 4.30. The van der Waals surface area contributed by atoms with Gasteiger partial charge < -0.3 is 14.8 Å². The normalized spacial score (nSPS) is 12.4. The lowest BCUT2D eigenvalue weighted by Gasteiger charge is -2.16. The number of hydrogen-bond donors (Lipinski definition) is 1. The molecule has 0 fully saturated rings. The molecule has 1 aromatic heterocycles. The number of nitrogens with zero attached hydrogens (tertiary/aromatic N) is 1. The van der Waals surface area contributed by atoms with Crippen LogP contribution in [0.1, 0.15) is 12.5 Å². The predicted octanol–water partition coefficient (Wildman–Crippen LogP) is 1.26. The molecule has 0 saturated carbocycles. The van der Waals surface area contributed by atoms with E-state index in [0.29, 0.717) is 18.5 Å². The van der Waals surface area contributed by atoms with Crippen molar-refractivity contribution in [2.75, 3.05) is 27.4 Å². The highest BCUT2D eigenvalue weighted by Gasteiger charge is 2.08. The summed E-state index contributed by atoms with van der Waals surface area (Å²) in [5.74, 6) is 0.658. The van der Waals surface area contributed by atoms with Crippen molar-refractivity contribution in [3.8, 4) is 5.88 Å². The number of nitrogens with one attached hydrogen (secondary N) is 1. The maximum atomic E-state index is 5.18. The fourth-order valence-corrected chi connectivity index (χ4v) is 1.65. The number of rotatable bonds is 7. The van der Waals surface area contributed by atoms with Gasteiger partial charge in [-0.2, -0.15) is 0 Å². The highest BCUT2D eigenvalue weighted by Crippen LogP contribution is 2.10. The quantitative estimate of drug-likeness (QED) is 0.757. The van der Waals surface area contributed by atoms with Crippen molar-refractivity contribution in [1.29, 1.82) is 0 Å². The molecule has 90 valence electrons. The van der Waals surface area contributed by atoms with Gasteiger partial charge in [0.1, 0.15) is 0 Å². The van der Waals surface area contributed by atoms with E-state index >= 15 is 0 Å². The second-order valence-electron chi connectivity index (χ2n) is 3.62. The molecule has 1 atom stereocenters. The van der Waals surface area contributed by atoms with Crippen molar-refractivity contribution < 1.29 is 9.47 Å². The Balaban J connectivity index is 2.60. The van der Waals surface area contributed by atoms with Gasteiger partial charge in [-0.05, 0) is 24.6 Å². The number of likely N-dealkylation sites (N-methyl/N-ethyl adjacent to an activating group) is 1. The molecule has 1 aromatic rings. The highest BCUT2D eigenvalue weighted by molar-refractivity contribution is 5.21. The molecule has 0 aromatic carbocycles. The fourth-order valence-electron chi connectivity index (χ4n) is 1.65. The van der Waals surface area contributed by atoms with E-state index in [2.05, 4.69) is 17.2 Å². The largest absolute Gasteiger partial charge is 0.481 e. The number of hydrogen-bond acceptors (Lipinski definition) is 4. The summed E-state index contributed by atoms with van der Waals surface area (Å²) in [6.45, 7) is 3.74. The maximum Gasteiger partial charge on any atom is 0.213 e. The van der Waals surface area contributed by atoms with Gasteiger partial charge in [0.05, 0.1) is 13.7 Å². The Bertz CT molecular complexity index is 299. The highest BCUT2D eigenvalue weighted by atomic mass is 16.5. The van der Waals surface area contributed by atoms with Crippen molar-refractivity contribution in [2.24, 2.45) is 0 Å². The lowest BCUT2D eigenvalue weighted by molar-refractivity contribution is 0.167.